The molecule has 0 aliphatic carbocycles. The molecular formula is C14H9BrF2N2O2. The highest BCUT2D eigenvalue weighted by atomic mass is 79.9. The highest BCUT2D eigenvalue weighted by Crippen LogP contribution is 2.35. The van der Waals surface area contributed by atoms with Crippen LogP contribution in [0, 0.1) is 0 Å². The third-order valence-corrected chi connectivity index (χ3v) is 3.27. The molecule has 0 saturated heterocycles. The Balaban J connectivity index is 2.15. The van der Waals surface area contributed by atoms with Crippen molar-refractivity contribution in [3.05, 3.63) is 40.9 Å². The van der Waals surface area contributed by atoms with Crippen LogP contribution < -0.4 is 10.5 Å². The first kappa shape index (κ1) is 13.8. The fraction of sp³-hybridized carbons (Fsp3) is 0.0714. The summed E-state index contributed by atoms with van der Waals surface area (Å²) in [7, 11) is 0. The summed E-state index contributed by atoms with van der Waals surface area (Å²) in [5.74, 6) is 0.169. The molecule has 7 heteroatoms. The third-order valence-electron chi connectivity index (χ3n) is 2.82. The maximum absolute atomic E-state index is 12.4. The summed E-state index contributed by atoms with van der Waals surface area (Å²) in [5.41, 5.74) is 7.53. The number of hydrogen-bond donors (Lipinski definition) is 1. The maximum Gasteiger partial charge on any atom is 0.387 e. The van der Waals surface area contributed by atoms with E-state index in [4.69, 9.17) is 10.2 Å². The van der Waals surface area contributed by atoms with Crippen LogP contribution >= 0.6 is 15.9 Å². The molecule has 0 atom stereocenters. The van der Waals surface area contributed by atoms with Crippen LogP contribution in [0.1, 0.15) is 0 Å². The van der Waals surface area contributed by atoms with Crippen LogP contribution in [0.5, 0.6) is 5.75 Å². The van der Waals surface area contributed by atoms with Gasteiger partial charge in [0.1, 0.15) is 11.3 Å². The predicted octanol–water partition coefficient (Wildman–Crippen LogP) is 4.44. The Bertz CT molecular complexity index is 805. The van der Waals surface area contributed by atoms with Gasteiger partial charge in [0, 0.05) is 4.47 Å². The van der Waals surface area contributed by atoms with E-state index in [-0.39, 0.29) is 11.6 Å². The van der Waals surface area contributed by atoms with Gasteiger partial charge in [-0.1, -0.05) is 28.1 Å². The van der Waals surface area contributed by atoms with Crippen LogP contribution in [0.2, 0.25) is 0 Å². The van der Waals surface area contributed by atoms with E-state index in [0.717, 1.165) is 4.47 Å². The van der Waals surface area contributed by atoms with Crippen LogP contribution in [0.15, 0.2) is 45.3 Å². The number of fused-ring (bicyclic) bond motifs is 1. The minimum atomic E-state index is -2.92. The second-order valence-electron chi connectivity index (χ2n) is 4.24. The minimum Gasteiger partial charge on any atom is -0.434 e. The largest absolute Gasteiger partial charge is 0.434 e. The number of hydrogen-bond acceptors (Lipinski definition) is 4. The molecule has 2 N–H and O–H groups in total. The molecule has 3 aromatic rings. The molecular weight excluding hydrogens is 346 g/mol. The topological polar surface area (TPSA) is 61.3 Å². The lowest BCUT2D eigenvalue weighted by molar-refractivity contribution is -0.0495. The molecule has 1 heterocycles. The van der Waals surface area contributed by atoms with Gasteiger partial charge in [-0.3, -0.25) is 0 Å². The summed E-state index contributed by atoms with van der Waals surface area (Å²) >= 11 is 3.31. The normalized spacial score (nSPS) is 11.2. The highest BCUT2D eigenvalue weighted by Gasteiger charge is 2.17. The number of nitrogens with zero attached hydrogens (tertiary/aromatic N) is 1. The Labute approximate surface area is 126 Å². The van der Waals surface area contributed by atoms with Crippen LogP contribution in [-0.2, 0) is 0 Å². The maximum atomic E-state index is 12.4. The molecule has 0 saturated carbocycles. The van der Waals surface area contributed by atoms with Gasteiger partial charge >= 0.3 is 6.61 Å². The molecule has 0 bridgehead atoms. The van der Waals surface area contributed by atoms with E-state index >= 15 is 0 Å². The average molecular weight is 355 g/mol. The molecule has 0 amide bonds. The fourth-order valence-corrected chi connectivity index (χ4v) is 2.44. The molecule has 0 radical (unpaired) electrons. The fourth-order valence-electron chi connectivity index (χ4n) is 1.98. The SMILES string of the molecule is Nc1cc(Br)cc2nc(-c3ccccc3OC(F)F)oc12. The van der Waals surface area contributed by atoms with Crippen LogP contribution in [0.4, 0.5) is 14.5 Å². The molecule has 0 aliphatic rings. The van der Waals surface area contributed by atoms with Crippen LogP contribution in [0.25, 0.3) is 22.6 Å². The van der Waals surface area contributed by atoms with Crippen molar-refractivity contribution in [3.8, 4) is 17.2 Å². The zero-order valence-electron chi connectivity index (χ0n) is 10.5. The predicted molar refractivity (Wildman–Crippen MR) is 78.2 cm³/mol. The first-order chi connectivity index (χ1) is 10.0. The Kier molecular flexibility index (Phi) is 3.50. The van der Waals surface area contributed by atoms with Crippen LogP contribution in [-0.4, -0.2) is 11.6 Å². The first-order valence-corrected chi connectivity index (χ1v) is 6.73. The smallest absolute Gasteiger partial charge is 0.387 e. The molecule has 108 valence electrons. The molecule has 0 unspecified atom stereocenters. The number of halogens is 3. The first-order valence-electron chi connectivity index (χ1n) is 5.94. The van der Waals surface area contributed by atoms with Crippen molar-refractivity contribution in [1.82, 2.24) is 4.98 Å². The van der Waals surface area contributed by atoms with Crippen molar-refractivity contribution < 1.29 is 17.9 Å². The number of anilines is 1. The van der Waals surface area contributed by atoms with E-state index < -0.39 is 6.61 Å². The van der Waals surface area contributed by atoms with Gasteiger partial charge in [-0.15, -0.1) is 0 Å². The monoisotopic (exact) mass is 354 g/mol. The van der Waals surface area contributed by atoms with E-state index in [1.165, 1.54) is 6.07 Å². The van der Waals surface area contributed by atoms with E-state index in [0.29, 0.717) is 22.4 Å². The zero-order chi connectivity index (χ0) is 15.0. The number of rotatable bonds is 3. The number of oxazole rings is 1. The average Bonchev–Trinajstić information content (AvgIpc) is 2.82. The lowest BCUT2D eigenvalue weighted by atomic mass is 10.2. The van der Waals surface area contributed by atoms with Crippen molar-refractivity contribution in [2.75, 3.05) is 5.73 Å². The van der Waals surface area contributed by atoms with Crippen molar-refractivity contribution in [2.45, 2.75) is 6.61 Å². The summed E-state index contributed by atoms with van der Waals surface area (Å²) in [6, 6.07) is 9.70. The van der Waals surface area contributed by atoms with Crippen LogP contribution in [0.3, 0.4) is 0 Å². The Morgan fingerprint density at radius 3 is 2.76 bits per heavy atom. The molecule has 3 rings (SSSR count). The molecule has 0 aliphatic heterocycles. The van der Waals surface area contributed by atoms with Crippen molar-refractivity contribution in [2.24, 2.45) is 0 Å². The summed E-state index contributed by atoms with van der Waals surface area (Å²) in [6.45, 7) is -2.92. The number of benzene rings is 2. The summed E-state index contributed by atoms with van der Waals surface area (Å²) in [5, 5.41) is 0. The van der Waals surface area contributed by atoms with Gasteiger partial charge < -0.3 is 14.9 Å². The number of alkyl halides is 2. The number of para-hydroxylation sites is 1. The van der Waals surface area contributed by atoms with Gasteiger partial charge in [0.15, 0.2) is 5.58 Å². The molecule has 0 fully saturated rings. The van der Waals surface area contributed by atoms with E-state index in [1.807, 2.05) is 0 Å². The van der Waals surface area contributed by atoms with E-state index in [9.17, 15) is 8.78 Å². The molecule has 0 spiro atoms. The Morgan fingerprint density at radius 2 is 2.00 bits per heavy atom. The van der Waals surface area contributed by atoms with Crippen molar-refractivity contribution in [1.29, 1.82) is 0 Å². The standard InChI is InChI=1S/C14H9BrF2N2O2/c15-7-5-9(18)12-10(6-7)19-13(21-12)8-3-1-2-4-11(8)20-14(16)17/h1-6,14H,18H2. The second kappa shape index (κ2) is 5.33. The number of aromatic nitrogens is 1. The molecule has 21 heavy (non-hydrogen) atoms. The summed E-state index contributed by atoms with van der Waals surface area (Å²) in [4.78, 5) is 4.27. The van der Waals surface area contributed by atoms with Gasteiger partial charge in [-0.2, -0.15) is 8.78 Å². The third kappa shape index (κ3) is 2.69. The van der Waals surface area contributed by atoms with Crippen molar-refractivity contribution in [3.63, 3.8) is 0 Å². The van der Waals surface area contributed by atoms with Gasteiger partial charge in [0.05, 0.1) is 11.3 Å². The summed E-state index contributed by atoms with van der Waals surface area (Å²) in [6.07, 6.45) is 0. The summed E-state index contributed by atoms with van der Waals surface area (Å²) < 4.78 is 35.7. The van der Waals surface area contributed by atoms with Gasteiger partial charge in [-0.05, 0) is 24.3 Å². The number of nitrogen functional groups attached to an aromatic ring is 1. The molecule has 4 nitrogen and oxygen atoms in total. The quantitative estimate of drug-likeness (QED) is 0.706. The lowest BCUT2D eigenvalue weighted by Crippen LogP contribution is -2.02. The highest BCUT2D eigenvalue weighted by molar-refractivity contribution is 9.10. The lowest BCUT2D eigenvalue weighted by Gasteiger charge is -2.07. The number of nitrogens with two attached hydrogens (primary N) is 1. The Hall–Kier alpha value is -2.15. The van der Waals surface area contributed by atoms with Gasteiger partial charge in [0.25, 0.3) is 0 Å². The minimum absolute atomic E-state index is 0.00306. The second-order valence-corrected chi connectivity index (χ2v) is 5.15. The Morgan fingerprint density at radius 1 is 1.24 bits per heavy atom. The number of ether oxygens (including phenoxy) is 1. The molecule has 1 aromatic heterocycles. The van der Waals surface area contributed by atoms with E-state index in [2.05, 4.69) is 25.7 Å². The van der Waals surface area contributed by atoms with Gasteiger partial charge in [0.2, 0.25) is 5.89 Å². The van der Waals surface area contributed by atoms with Crippen molar-refractivity contribution >= 4 is 32.7 Å². The zero-order valence-corrected chi connectivity index (χ0v) is 12.1. The van der Waals surface area contributed by atoms with Gasteiger partial charge in [-0.25, -0.2) is 4.98 Å². The van der Waals surface area contributed by atoms with E-state index in [1.54, 1.807) is 30.3 Å². The molecule has 2 aromatic carbocycles.